The Hall–Kier alpha value is -3.49. The molecule has 1 saturated carbocycles. The summed E-state index contributed by atoms with van der Waals surface area (Å²) in [4.78, 5) is 12.5. The van der Waals surface area contributed by atoms with E-state index in [1.54, 1.807) is 0 Å². The van der Waals surface area contributed by atoms with Gasteiger partial charge in [0.2, 0.25) is 0 Å². The van der Waals surface area contributed by atoms with Gasteiger partial charge in [-0.3, -0.25) is 0 Å². The van der Waals surface area contributed by atoms with Gasteiger partial charge >= 0.3 is 5.97 Å². The number of carbonyl (C=O) groups excluding carboxylic acids is 1. The third-order valence-electron chi connectivity index (χ3n) is 8.29. The lowest BCUT2D eigenvalue weighted by atomic mass is 9.81. The average molecular weight is 508 g/mol. The second-order valence-electron chi connectivity index (χ2n) is 11.1. The predicted molar refractivity (Wildman–Crippen MR) is 155 cm³/mol. The summed E-state index contributed by atoms with van der Waals surface area (Å²) < 4.78 is 10.00. The Morgan fingerprint density at radius 2 is 1.92 bits per heavy atom. The molecule has 5 nitrogen and oxygen atoms in total. The first kappa shape index (κ1) is 24.8. The quantitative estimate of drug-likeness (QED) is 0.243. The van der Waals surface area contributed by atoms with Crippen LogP contribution in [0.3, 0.4) is 0 Å². The Kier molecular flexibility index (Phi) is 6.76. The minimum absolute atomic E-state index is 0.279. The van der Waals surface area contributed by atoms with E-state index in [-0.39, 0.29) is 5.97 Å². The summed E-state index contributed by atoms with van der Waals surface area (Å²) in [5, 5.41) is 5.91. The molecule has 196 valence electrons. The van der Waals surface area contributed by atoms with Gasteiger partial charge in [0.15, 0.2) is 0 Å². The first-order chi connectivity index (χ1) is 18.6. The van der Waals surface area contributed by atoms with E-state index >= 15 is 0 Å². The van der Waals surface area contributed by atoms with Crippen LogP contribution in [-0.4, -0.2) is 34.8 Å². The lowest BCUT2D eigenvalue weighted by Crippen LogP contribution is -2.22. The van der Waals surface area contributed by atoms with E-state index in [2.05, 4.69) is 76.7 Å². The van der Waals surface area contributed by atoms with Gasteiger partial charge in [0, 0.05) is 47.2 Å². The third kappa shape index (κ3) is 4.31. The summed E-state index contributed by atoms with van der Waals surface area (Å²) in [6, 6.07) is 13.3. The number of benzene rings is 2. The minimum Gasteiger partial charge on any atom is -0.465 e. The topological polar surface area (TPSA) is 48.2 Å². The molecule has 1 N–H and O–H groups in total. The van der Waals surface area contributed by atoms with Crippen LogP contribution in [0.5, 0.6) is 0 Å². The van der Waals surface area contributed by atoms with Crippen molar-refractivity contribution in [1.82, 2.24) is 14.5 Å². The highest BCUT2D eigenvalue weighted by atomic mass is 16.5. The number of esters is 1. The standard InChI is InChI=1S/C33H37N3O2/c1-22(2)34-17-8-12-25-21-35-18-9-19-36-29-20-24(33(37)38-3)15-16-27(29)30(23-10-5-4-6-11-23)32(36)28-14-7-13-26(25)31(28)35/h7,13-16,20-23,34H,4-6,9-11,17-19H2,1-3H3. The molecule has 0 saturated heterocycles. The Morgan fingerprint density at radius 1 is 1.08 bits per heavy atom. The Morgan fingerprint density at radius 3 is 2.71 bits per heavy atom. The van der Waals surface area contributed by atoms with Crippen LogP contribution in [0.1, 0.15) is 79.8 Å². The summed E-state index contributed by atoms with van der Waals surface area (Å²) >= 11 is 0. The van der Waals surface area contributed by atoms with Crippen molar-refractivity contribution in [3.63, 3.8) is 0 Å². The molecule has 6 rings (SSSR count). The number of rotatable bonds is 4. The fourth-order valence-corrected chi connectivity index (χ4v) is 6.57. The zero-order valence-corrected chi connectivity index (χ0v) is 22.8. The highest BCUT2D eigenvalue weighted by Gasteiger charge is 2.29. The molecule has 2 aromatic carbocycles. The van der Waals surface area contributed by atoms with Gasteiger partial charge in [0.1, 0.15) is 0 Å². The van der Waals surface area contributed by atoms with Crippen molar-refractivity contribution < 1.29 is 9.53 Å². The molecule has 5 heteroatoms. The van der Waals surface area contributed by atoms with Crippen LogP contribution in [0.4, 0.5) is 0 Å². The van der Waals surface area contributed by atoms with Gasteiger partial charge in [-0.1, -0.05) is 55.4 Å². The van der Waals surface area contributed by atoms with Crippen LogP contribution in [0.25, 0.3) is 33.1 Å². The summed E-state index contributed by atoms with van der Waals surface area (Å²) in [6.45, 7) is 6.83. The van der Waals surface area contributed by atoms with E-state index in [0.29, 0.717) is 24.1 Å². The molecule has 38 heavy (non-hydrogen) atoms. The second-order valence-corrected chi connectivity index (χ2v) is 11.1. The lowest BCUT2D eigenvalue weighted by molar-refractivity contribution is 0.0601. The zero-order chi connectivity index (χ0) is 26.2. The first-order valence-corrected chi connectivity index (χ1v) is 14.2. The number of ether oxygens (including phenoxy) is 1. The van der Waals surface area contributed by atoms with Crippen molar-refractivity contribution in [1.29, 1.82) is 0 Å². The SMILES string of the molecule is COC(=O)c1ccc2c(C3CCCCC3)c3n(c2c1)CCCn1cc(C#CCNC(C)C)c2cccc-3c21. The number of hydrogen-bond donors (Lipinski definition) is 1. The van der Waals surface area contributed by atoms with Gasteiger partial charge in [-0.25, -0.2) is 4.79 Å². The number of para-hydroxylation sites is 1. The maximum absolute atomic E-state index is 12.5. The molecule has 4 aromatic rings. The molecule has 0 radical (unpaired) electrons. The number of carbonyl (C=O) groups is 1. The maximum Gasteiger partial charge on any atom is 0.337 e. The molecule has 0 unspecified atom stereocenters. The average Bonchev–Trinajstić information content (AvgIpc) is 3.45. The van der Waals surface area contributed by atoms with Crippen LogP contribution in [0, 0.1) is 11.8 Å². The first-order valence-electron chi connectivity index (χ1n) is 14.2. The maximum atomic E-state index is 12.5. The van der Waals surface area contributed by atoms with Crippen LogP contribution in [-0.2, 0) is 17.8 Å². The van der Waals surface area contributed by atoms with Gasteiger partial charge in [-0.2, -0.15) is 0 Å². The molecule has 0 spiro atoms. The van der Waals surface area contributed by atoms with Gasteiger partial charge in [-0.15, -0.1) is 0 Å². The summed E-state index contributed by atoms with van der Waals surface area (Å²) in [6.07, 6.45) is 9.60. The molecular formula is C33H37N3O2. The molecule has 1 aliphatic heterocycles. The highest BCUT2D eigenvalue weighted by molar-refractivity contribution is 6.04. The fourth-order valence-electron chi connectivity index (χ4n) is 6.57. The van der Waals surface area contributed by atoms with E-state index in [0.717, 1.165) is 30.6 Å². The van der Waals surface area contributed by atoms with Crippen molar-refractivity contribution in [3.05, 3.63) is 59.3 Å². The number of aromatic nitrogens is 2. The Balaban J connectivity index is 1.59. The molecule has 1 fully saturated rings. The molecular weight excluding hydrogens is 470 g/mol. The zero-order valence-electron chi connectivity index (χ0n) is 22.8. The van der Waals surface area contributed by atoms with Crippen molar-refractivity contribution in [2.75, 3.05) is 13.7 Å². The molecule has 2 aliphatic rings. The largest absolute Gasteiger partial charge is 0.465 e. The molecule has 0 atom stereocenters. The Bertz CT molecular complexity index is 1570. The van der Waals surface area contributed by atoms with Crippen LogP contribution >= 0.6 is 0 Å². The van der Waals surface area contributed by atoms with Crippen molar-refractivity contribution in [3.8, 4) is 23.1 Å². The van der Waals surface area contributed by atoms with Crippen LogP contribution in [0.2, 0.25) is 0 Å². The second kappa shape index (κ2) is 10.3. The number of nitrogens with one attached hydrogen (secondary N) is 1. The van der Waals surface area contributed by atoms with Gasteiger partial charge in [0.05, 0.1) is 36.0 Å². The molecule has 2 aromatic heterocycles. The van der Waals surface area contributed by atoms with E-state index in [9.17, 15) is 4.79 Å². The molecule has 1 aliphatic carbocycles. The lowest BCUT2D eigenvalue weighted by Gasteiger charge is -2.25. The number of aryl methyl sites for hydroxylation is 2. The Labute approximate surface area is 225 Å². The summed E-state index contributed by atoms with van der Waals surface area (Å²) in [7, 11) is 1.46. The van der Waals surface area contributed by atoms with Crippen LogP contribution < -0.4 is 5.32 Å². The number of hydrogen-bond acceptors (Lipinski definition) is 3. The summed E-state index contributed by atoms with van der Waals surface area (Å²) in [5.41, 5.74) is 8.23. The molecule has 0 bridgehead atoms. The smallest absolute Gasteiger partial charge is 0.337 e. The van der Waals surface area contributed by atoms with Crippen molar-refractivity contribution in [2.24, 2.45) is 0 Å². The van der Waals surface area contributed by atoms with Gasteiger partial charge in [-0.05, 0) is 56.7 Å². The monoisotopic (exact) mass is 507 g/mol. The molecule has 3 heterocycles. The van der Waals surface area contributed by atoms with E-state index < -0.39 is 0 Å². The molecule has 0 amide bonds. The minimum atomic E-state index is -0.279. The van der Waals surface area contributed by atoms with Crippen LogP contribution in [0.15, 0.2) is 42.6 Å². The van der Waals surface area contributed by atoms with E-state index in [1.807, 2.05) is 6.07 Å². The number of methoxy groups -OCH3 is 1. The fraction of sp³-hybridized carbons (Fsp3) is 0.424. The van der Waals surface area contributed by atoms with Gasteiger partial charge < -0.3 is 19.2 Å². The van der Waals surface area contributed by atoms with Gasteiger partial charge in [0.25, 0.3) is 0 Å². The number of fused-ring (bicyclic) bond motifs is 4. The predicted octanol–water partition coefficient (Wildman–Crippen LogP) is 6.85. The third-order valence-corrected chi connectivity index (χ3v) is 8.29. The van der Waals surface area contributed by atoms with Crippen molar-refractivity contribution >= 4 is 27.8 Å². The van der Waals surface area contributed by atoms with E-state index in [4.69, 9.17) is 4.74 Å². The van der Waals surface area contributed by atoms with E-state index in [1.165, 1.54) is 72.3 Å². The normalized spacial score (nSPS) is 15.7. The number of nitrogens with zero attached hydrogens (tertiary/aromatic N) is 2. The highest BCUT2D eigenvalue weighted by Crippen LogP contribution is 2.46. The summed E-state index contributed by atoms with van der Waals surface area (Å²) in [5.74, 6) is 7.05. The van der Waals surface area contributed by atoms with Crippen molar-refractivity contribution in [2.45, 2.75) is 77.4 Å².